The first-order valence-corrected chi connectivity index (χ1v) is 5.63. The third-order valence-corrected chi connectivity index (χ3v) is 2.87. The number of unbranched alkanes of at least 4 members (excludes halogenated alkanes) is 1. The summed E-state index contributed by atoms with van der Waals surface area (Å²) in [4.78, 5) is 0.392. The smallest absolute Gasteiger partial charge is 0.169 e. The summed E-state index contributed by atoms with van der Waals surface area (Å²) in [7, 11) is 0. The first kappa shape index (κ1) is 10.5. The fraction of sp³-hybridized carbons (Fsp3) is 1.00. The number of hydrogen-bond donors (Lipinski definition) is 0. The van der Waals surface area contributed by atoms with Crippen LogP contribution in [-0.2, 0) is 9.47 Å². The second-order valence-electron chi connectivity index (χ2n) is 3.12. The molecule has 0 saturated carbocycles. The molecule has 72 valence electrons. The molecule has 12 heavy (non-hydrogen) atoms. The molecule has 0 radical (unpaired) electrons. The highest BCUT2D eigenvalue weighted by Crippen LogP contribution is 2.21. The Bertz CT molecular complexity index is 119. The predicted molar refractivity (Wildman–Crippen MR) is 52.5 cm³/mol. The van der Waals surface area contributed by atoms with Crippen LogP contribution in [0.3, 0.4) is 0 Å². The maximum Gasteiger partial charge on any atom is 0.169 e. The quantitative estimate of drug-likeness (QED) is 0.552. The number of rotatable bonds is 4. The lowest BCUT2D eigenvalue weighted by atomic mass is 10.2. The molecule has 1 saturated heterocycles. The average Bonchev–Trinajstić information content (AvgIpc) is 2.09. The van der Waals surface area contributed by atoms with E-state index in [9.17, 15) is 0 Å². The molecule has 1 fully saturated rings. The van der Waals surface area contributed by atoms with E-state index in [1.54, 1.807) is 0 Å². The molecule has 1 rings (SSSR count). The summed E-state index contributed by atoms with van der Waals surface area (Å²) in [5.74, 6) is 0. The van der Waals surface area contributed by atoms with Crippen molar-refractivity contribution in [3.8, 4) is 0 Å². The van der Waals surface area contributed by atoms with Crippen molar-refractivity contribution in [3.63, 3.8) is 0 Å². The van der Waals surface area contributed by atoms with Gasteiger partial charge in [-0.25, -0.2) is 0 Å². The molecule has 0 aromatic rings. The standard InChI is InChI=1S/C9H17BrO2/c1-2-3-6-11-9-8(10)5-4-7-12-9/h8-9H,2-7H2,1H3/t8-,9+/m1/s1. The maximum atomic E-state index is 5.57. The minimum Gasteiger partial charge on any atom is -0.351 e. The molecule has 0 bridgehead atoms. The topological polar surface area (TPSA) is 18.5 Å². The van der Waals surface area contributed by atoms with Crippen LogP contribution >= 0.6 is 15.9 Å². The average molecular weight is 237 g/mol. The highest BCUT2D eigenvalue weighted by Gasteiger charge is 2.23. The van der Waals surface area contributed by atoms with Gasteiger partial charge in [0.1, 0.15) is 0 Å². The first-order valence-electron chi connectivity index (χ1n) is 4.72. The number of hydrogen-bond acceptors (Lipinski definition) is 2. The Morgan fingerprint density at radius 1 is 1.58 bits per heavy atom. The van der Waals surface area contributed by atoms with Gasteiger partial charge in [0.25, 0.3) is 0 Å². The van der Waals surface area contributed by atoms with E-state index in [-0.39, 0.29) is 6.29 Å². The molecule has 0 N–H and O–H groups in total. The summed E-state index contributed by atoms with van der Waals surface area (Å²) in [5, 5.41) is 0. The summed E-state index contributed by atoms with van der Waals surface area (Å²) < 4.78 is 11.0. The molecular weight excluding hydrogens is 220 g/mol. The Morgan fingerprint density at radius 2 is 2.42 bits per heavy atom. The highest BCUT2D eigenvalue weighted by atomic mass is 79.9. The molecule has 0 spiro atoms. The monoisotopic (exact) mass is 236 g/mol. The Morgan fingerprint density at radius 3 is 3.08 bits per heavy atom. The molecule has 3 heteroatoms. The SMILES string of the molecule is CCCCO[C@H]1OCCC[C@H]1Br. The Labute approximate surface area is 82.7 Å². The van der Waals surface area contributed by atoms with Crippen molar-refractivity contribution in [1.82, 2.24) is 0 Å². The van der Waals surface area contributed by atoms with Crippen LogP contribution in [0.1, 0.15) is 32.6 Å². The summed E-state index contributed by atoms with van der Waals surface area (Å²) in [6.45, 7) is 3.83. The molecule has 0 aliphatic carbocycles. The predicted octanol–water partition coefficient (Wildman–Crippen LogP) is 2.70. The largest absolute Gasteiger partial charge is 0.351 e. The van der Waals surface area contributed by atoms with Gasteiger partial charge in [0.15, 0.2) is 6.29 Å². The summed E-state index contributed by atoms with van der Waals surface area (Å²) in [6.07, 6.45) is 4.60. The number of halogens is 1. The fourth-order valence-electron chi connectivity index (χ4n) is 1.21. The molecule has 1 heterocycles. The van der Waals surface area contributed by atoms with Crippen molar-refractivity contribution in [2.45, 2.75) is 43.7 Å². The summed E-state index contributed by atoms with van der Waals surface area (Å²) >= 11 is 3.56. The van der Waals surface area contributed by atoms with E-state index in [0.29, 0.717) is 4.83 Å². The van der Waals surface area contributed by atoms with Crippen molar-refractivity contribution in [1.29, 1.82) is 0 Å². The van der Waals surface area contributed by atoms with E-state index in [1.807, 2.05) is 0 Å². The molecule has 2 atom stereocenters. The maximum absolute atomic E-state index is 5.57. The molecule has 0 unspecified atom stereocenters. The normalized spacial score (nSPS) is 30.5. The van der Waals surface area contributed by atoms with Gasteiger partial charge in [-0.2, -0.15) is 0 Å². The van der Waals surface area contributed by atoms with Crippen molar-refractivity contribution in [2.24, 2.45) is 0 Å². The van der Waals surface area contributed by atoms with Crippen LogP contribution in [0.5, 0.6) is 0 Å². The van der Waals surface area contributed by atoms with Crippen molar-refractivity contribution < 1.29 is 9.47 Å². The lowest BCUT2D eigenvalue weighted by Gasteiger charge is -2.27. The van der Waals surface area contributed by atoms with Gasteiger partial charge in [0.05, 0.1) is 4.83 Å². The van der Waals surface area contributed by atoms with Gasteiger partial charge in [-0.3, -0.25) is 0 Å². The lowest BCUT2D eigenvalue weighted by molar-refractivity contribution is -0.157. The molecule has 0 aromatic carbocycles. The van der Waals surface area contributed by atoms with Crippen molar-refractivity contribution in [2.75, 3.05) is 13.2 Å². The fourth-order valence-corrected chi connectivity index (χ4v) is 1.84. The summed E-state index contributed by atoms with van der Waals surface area (Å²) in [5.41, 5.74) is 0. The van der Waals surface area contributed by atoms with Gasteiger partial charge in [-0.15, -0.1) is 0 Å². The number of ether oxygens (including phenoxy) is 2. The Kier molecular flexibility index (Phi) is 5.19. The third kappa shape index (κ3) is 3.42. The Hall–Kier alpha value is 0.400. The minimum atomic E-state index is -0.00898. The van der Waals surface area contributed by atoms with Crippen LogP contribution in [0.25, 0.3) is 0 Å². The van der Waals surface area contributed by atoms with E-state index in [1.165, 1.54) is 6.42 Å². The van der Waals surface area contributed by atoms with Crippen LogP contribution in [0.4, 0.5) is 0 Å². The minimum absolute atomic E-state index is 0.00898. The van der Waals surface area contributed by atoms with E-state index < -0.39 is 0 Å². The summed E-state index contributed by atoms with van der Waals surface area (Å²) in [6, 6.07) is 0. The van der Waals surface area contributed by atoms with Gasteiger partial charge < -0.3 is 9.47 Å². The van der Waals surface area contributed by atoms with Crippen LogP contribution in [0.15, 0.2) is 0 Å². The van der Waals surface area contributed by atoms with E-state index in [4.69, 9.17) is 9.47 Å². The second kappa shape index (κ2) is 5.95. The Balaban J connectivity index is 2.11. The van der Waals surface area contributed by atoms with Crippen LogP contribution in [0, 0.1) is 0 Å². The third-order valence-electron chi connectivity index (χ3n) is 1.98. The van der Waals surface area contributed by atoms with Gasteiger partial charge in [-0.1, -0.05) is 29.3 Å². The first-order chi connectivity index (χ1) is 5.84. The van der Waals surface area contributed by atoms with E-state index in [0.717, 1.165) is 32.5 Å². The van der Waals surface area contributed by atoms with Gasteiger partial charge in [-0.05, 0) is 19.3 Å². The molecule has 1 aliphatic heterocycles. The molecule has 2 nitrogen and oxygen atoms in total. The lowest BCUT2D eigenvalue weighted by Crippen LogP contribution is -2.32. The van der Waals surface area contributed by atoms with Gasteiger partial charge >= 0.3 is 0 Å². The number of alkyl halides is 1. The molecule has 0 amide bonds. The molecule has 1 aliphatic rings. The van der Waals surface area contributed by atoms with E-state index in [2.05, 4.69) is 22.9 Å². The zero-order valence-corrected chi connectivity index (χ0v) is 9.18. The molecular formula is C9H17BrO2. The van der Waals surface area contributed by atoms with Crippen LogP contribution in [0.2, 0.25) is 0 Å². The van der Waals surface area contributed by atoms with Crippen molar-refractivity contribution in [3.05, 3.63) is 0 Å². The zero-order valence-electron chi connectivity index (χ0n) is 7.59. The molecule has 0 aromatic heterocycles. The van der Waals surface area contributed by atoms with Gasteiger partial charge in [0.2, 0.25) is 0 Å². The van der Waals surface area contributed by atoms with Crippen LogP contribution < -0.4 is 0 Å². The van der Waals surface area contributed by atoms with Crippen molar-refractivity contribution >= 4 is 15.9 Å². The highest BCUT2D eigenvalue weighted by molar-refractivity contribution is 9.09. The second-order valence-corrected chi connectivity index (χ2v) is 4.30. The van der Waals surface area contributed by atoms with Gasteiger partial charge in [0, 0.05) is 13.2 Å². The van der Waals surface area contributed by atoms with E-state index >= 15 is 0 Å². The zero-order chi connectivity index (χ0) is 8.81. The van der Waals surface area contributed by atoms with Crippen LogP contribution in [-0.4, -0.2) is 24.3 Å².